The smallest absolute Gasteiger partial charge is 0.226 e. The number of piperidine rings is 1. The van der Waals surface area contributed by atoms with Crippen molar-refractivity contribution in [2.24, 2.45) is 23.3 Å². The van der Waals surface area contributed by atoms with Crippen LogP contribution in [-0.2, 0) is 9.59 Å². The second-order valence-electron chi connectivity index (χ2n) is 4.78. The van der Waals surface area contributed by atoms with Crippen LogP contribution in [-0.4, -0.2) is 36.3 Å². The Morgan fingerprint density at radius 1 is 1.35 bits per heavy atom. The van der Waals surface area contributed by atoms with Crippen molar-refractivity contribution < 1.29 is 9.59 Å². The zero-order chi connectivity index (χ0) is 12.8. The van der Waals surface area contributed by atoms with Crippen molar-refractivity contribution in [3.8, 4) is 0 Å². The Balaban J connectivity index is 2.40. The van der Waals surface area contributed by atoms with Crippen LogP contribution in [0.5, 0.6) is 0 Å². The minimum Gasteiger partial charge on any atom is -0.370 e. The molecule has 1 fully saturated rings. The highest BCUT2D eigenvalue weighted by Gasteiger charge is 2.27. The summed E-state index contributed by atoms with van der Waals surface area (Å²) in [6.07, 6.45) is 2.97. The maximum atomic E-state index is 12.0. The Morgan fingerprint density at radius 3 is 2.35 bits per heavy atom. The molecule has 0 bridgehead atoms. The summed E-state index contributed by atoms with van der Waals surface area (Å²) in [5.74, 6) is 0.202. The molecule has 0 aliphatic carbocycles. The lowest BCUT2D eigenvalue weighted by Crippen LogP contribution is -2.43. The molecule has 5 heteroatoms. The number of carbonyl (C=O) groups is 2. The number of nitrogens with two attached hydrogens (primary N) is 2. The second kappa shape index (κ2) is 6.59. The van der Waals surface area contributed by atoms with Crippen LogP contribution in [0.2, 0.25) is 0 Å². The molecule has 98 valence electrons. The topological polar surface area (TPSA) is 89.4 Å². The Morgan fingerprint density at radius 2 is 1.94 bits per heavy atom. The maximum absolute atomic E-state index is 12.0. The van der Waals surface area contributed by atoms with E-state index in [0.29, 0.717) is 18.9 Å². The highest BCUT2D eigenvalue weighted by Crippen LogP contribution is 2.21. The van der Waals surface area contributed by atoms with Crippen molar-refractivity contribution in [3.63, 3.8) is 0 Å². The predicted octanol–water partition coefficient (Wildman–Crippen LogP) is 0.0853. The van der Waals surface area contributed by atoms with Gasteiger partial charge in [-0.15, -0.1) is 0 Å². The Hall–Kier alpha value is -1.10. The molecule has 1 heterocycles. The molecule has 0 radical (unpaired) electrons. The maximum Gasteiger partial charge on any atom is 0.226 e. The van der Waals surface area contributed by atoms with E-state index < -0.39 is 0 Å². The van der Waals surface area contributed by atoms with E-state index in [1.807, 2.05) is 11.8 Å². The van der Waals surface area contributed by atoms with E-state index in [9.17, 15) is 9.59 Å². The zero-order valence-electron chi connectivity index (χ0n) is 10.5. The number of hydrogen-bond donors (Lipinski definition) is 2. The van der Waals surface area contributed by atoms with Crippen molar-refractivity contribution in [1.29, 1.82) is 0 Å². The lowest BCUT2D eigenvalue weighted by Gasteiger charge is -2.33. The first-order valence-corrected chi connectivity index (χ1v) is 6.35. The molecule has 1 atom stereocenters. The molecule has 0 aromatic rings. The number of rotatable bonds is 5. The summed E-state index contributed by atoms with van der Waals surface area (Å²) in [7, 11) is 0. The molecule has 17 heavy (non-hydrogen) atoms. The van der Waals surface area contributed by atoms with Crippen LogP contribution < -0.4 is 11.5 Å². The zero-order valence-corrected chi connectivity index (χ0v) is 10.5. The van der Waals surface area contributed by atoms with Gasteiger partial charge in [0.15, 0.2) is 0 Å². The molecule has 0 saturated carbocycles. The molecule has 0 aromatic carbocycles. The lowest BCUT2D eigenvalue weighted by molar-refractivity contribution is -0.136. The molecule has 1 aliphatic heterocycles. The Labute approximate surface area is 103 Å². The van der Waals surface area contributed by atoms with E-state index in [1.54, 1.807) is 0 Å². The fourth-order valence-corrected chi connectivity index (χ4v) is 2.34. The highest BCUT2D eigenvalue weighted by atomic mass is 16.2. The molecule has 1 aliphatic rings. The van der Waals surface area contributed by atoms with E-state index in [2.05, 4.69) is 0 Å². The van der Waals surface area contributed by atoms with Crippen LogP contribution in [0.4, 0.5) is 0 Å². The van der Waals surface area contributed by atoms with Gasteiger partial charge in [-0.25, -0.2) is 0 Å². The van der Waals surface area contributed by atoms with Gasteiger partial charge in [0.1, 0.15) is 0 Å². The van der Waals surface area contributed by atoms with Crippen LogP contribution in [0.15, 0.2) is 0 Å². The molecule has 5 nitrogen and oxygen atoms in total. The van der Waals surface area contributed by atoms with E-state index >= 15 is 0 Å². The Bertz CT molecular complexity index is 269. The molecule has 4 N–H and O–H groups in total. The van der Waals surface area contributed by atoms with E-state index in [-0.39, 0.29) is 17.7 Å². The third-order valence-corrected chi connectivity index (χ3v) is 3.54. The SMILES string of the molecule is CCC(CN)C(=O)N1CCC(CC(N)=O)CC1. The van der Waals surface area contributed by atoms with Crippen LogP contribution in [0.25, 0.3) is 0 Å². The number of hydrogen-bond acceptors (Lipinski definition) is 3. The van der Waals surface area contributed by atoms with Gasteiger partial charge < -0.3 is 16.4 Å². The average Bonchev–Trinajstić information content (AvgIpc) is 2.30. The number of amides is 2. The molecule has 1 unspecified atom stereocenters. The normalized spacial score (nSPS) is 19.1. The van der Waals surface area contributed by atoms with Gasteiger partial charge >= 0.3 is 0 Å². The van der Waals surface area contributed by atoms with Gasteiger partial charge in [0.25, 0.3) is 0 Å². The molecular formula is C12H23N3O2. The summed E-state index contributed by atoms with van der Waals surface area (Å²) in [4.78, 5) is 24.7. The summed E-state index contributed by atoms with van der Waals surface area (Å²) < 4.78 is 0. The number of carbonyl (C=O) groups excluding carboxylic acids is 2. The average molecular weight is 241 g/mol. The molecule has 1 rings (SSSR count). The van der Waals surface area contributed by atoms with E-state index in [0.717, 1.165) is 32.4 Å². The van der Waals surface area contributed by atoms with Gasteiger partial charge in [0, 0.05) is 26.1 Å². The predicted molar refractivity (Wildman–Crippen MR) is 66.0 cm³/mol. The summed E-state index contributed by atoms with van der Waals surface area (Å²) in [5, 5.41) is 0. The fraction of sp³-hybridized carbons (Fsp3) is 0.833. The van der Waals surface area contributed by atoms with Gasteiger partial charge in [-0.2, -0.15) is 0 Å². The summed E-state index contributed by atoms with van der Waals surface area (Å²) in [5.41, 5.74) is 10.7. The molecule has 2 amide bonds. The first-order chi connectivity index (χ1) is 8.08. The van der Waals surface area contributed by atoms with Gasteiger partial charge in [0.2, 0.25) is 11.8 Å². The van der Waals surface area contributed by atoms with E-state index in [4.69, 9.17) is 11.5 Å². The van der Waals surface area contributed by atoms with Gasteiger partial charge in [-0.3, -0.25) is 9.59 Å². The summed E-state index contributed by atoms with van der Waals surface area (Å²) in [6.45, 7) is 3.85. The first kappa shape index (κ1) is 14.0. The minimum atomic E-state index is -0.247. The molecule has 0 aromatic heterocycles. The molecule has 0 spiro atoms. The first-order valence-electron chi connectivity index (χ1n) is 6.35. The van der Waals surface area contributed by atoms with Crippen molar-refractivity contribution >= 4 is 11.8 Å². The monoisotopic (exact) mass is 241 g/mol. The Kier molecular flexibility index (Phi) is 5.41. The van der Waals surface area contributed by atoms with Crippen LogP contribution in [0, 0.1) is 11.8 Å². The number of primary amides is 1. The largest absolute Gasteiger partial charge is 0.370 e. The third kappa shape index (κ3) is 4.00. The molecule has 1 saturated heterocycles. The standard InChI is InChI=1S/C12H23N3O2/c1-2-10(8-13)12(17)15-5-3-9(4-6-15)7-11(14)16/h9-10H,2-8,13H2,1H3,(H2,14,16). The molecular weight excluding hydrogens is 218 g/mol. The van der Waals surface area contributed by atoms with Crippen LogP contribution in [0.1, 0.15) is 32.6 Å². The number of likely N-dealkylation sites (tertiary alicyclic amines) is 1. The minimum absolute atomic E-state index is 0.0531. The lowest BCUT2D eigenvalue weighted by atomic mass is 9.92. The van der Waals surface area contributed by atoms with Crippen molar-refractivity contribution in [3.05, 3.63) is 0 Å². The van der Waals surface area contributed by atoms with Crippen molar-refractivity contribution in [1.82, 2.24) is 4.90 Å². The van der Waals surface area contributed by atoms with Crippen LogP contribution in [0.3, 0.4) is 0 Å². The highest BCUT2D eigenvalue weighted by molar-refractivity contribution is 5.79. The quantitative estimate of drug-likeness (QED) is 0.714. The number of nitrogens with zero attached hydrogens (tertiary/aromatic N) is 1. The summed E-state index contributed by atoms with van der Waals surface area (Å²) >= 11 is 0. The van der Waals surface area contributed by atoms with E-state index in [1.165, 1.54) is 0 Å². The third-order valence-electron chi connectivity index (χ3n) is 3.54. The van der Waals surface area contributed by atoms with Crippen molar-refractivity contribution in [2.75, 3.05) is 19.6 Å². The van der Waals surface area contributed by atoms with Gasteiger partial charge in [-0.1, -0.05) is 6.92 Å². The fourth-order valence-electron chi connectivity index (χ4n) is 2.34. The van der Waals surface area contributed by atoms with Gasteiger partial charge in [-0.05, 0) is 25.2 Å². The van der Waals surface area contributed by atoms with Crippen LogP contribution >= 0.6 is 0 Å². The second-order valence-corrected chi connectivity index (χ2v) is 4.78. The van der Waals surface area contributed by atoms with Crippen molar-refractivity contribution in [2.45, 2.75) is 32.6 Å². The summed E-state index contributed by atoms with van der Waals surface area (Å²) in [6, 6.07) is 0. The van der Waals surface area contributed by atoms with Gasteiger partial charge in [0.05, 0.1) is 5.92 Å².